The molecule has 0 radical (unpaired) electrons. The normalized spacial score (nSPS) is 32.6. The maximum absolute atomic E-state index is 13.2. The number of rotatable bonds is 9. The number of ether oxygens (including phenoxy) is 3. The number of nitrogens with one attached hydrogen (secondary N) is 2. The molecule has 4 unspecified atom stereocenters. The number of amides is 2. The van der Waals surface area contributed by atoms with E-state index >= 15 is 0 Å². The van der Waals surface area contributed by atoms with Crippen molar-refractivity contribution in [3.8, 4) is 11.1 Å². The van der Waals surface area contributed by atoms with Gasteiger partial charge >= 0.3 is 6.03 Å². The summed E-state index contributed by atoms with van der Waals surface area (Å²) in [4.78, 5) is 15.7. The fourth-order valence-corrected chi connectivity index (χ4v) is 9.87. The molecule has 4 atom stereocenters. The third-order valence-electron chi connectivity index (χ3n) is 12.0. The van der Waals surface area contributed by atoms with Crippen LogP contribution in [0.15, 0.2) is 72.8 Å². The van der Waals surface area contributed by atoms with Crippen LogP contribution in [0.3, 0.4) is 0 Å². The number of carbonyl (C=O) groups is 1. The molecule has 6 aliphatic rings. The second-order valence-electron chi connectivity index (χ2n) is 15.5. The molecule has 3 N–H and O–H groups in total. The van der Waals surface area contributed by atoms with Crippen molar-refractivity contribution in [2.24, 2.45) is 23.7 Å². The first-order valence-electron chi connectivity index (χ1n) is 18.5. The summed E-state index contributed by atoms with van der Waals surface area (Å²) in [6, 6.07) is 24.9. The highest BCUT2D eigenvalue weighted by atomic mass is 16.7. The highest BCUT2D eigenvalue weighted by Gasteiger charge is 2.51. The Morgan fingerprint density at radius 1 is 0.857 bits per heavy atom. The Hall–Kier alpha value is -3.27. The second-order valence-corrected chi connectivity index (χ2v) is 15.5. The molecule has 260 valence electrons. The molecule has 2 heterocycles. The molecular weight excluding hydrogens is 614 g/mol. The van der Waals surface area contributed by atoms with Crippen molar-refractivity contribution in [1.29, 1.82) is 0 Å². The van der Waals surface area contributed by atoms with Crippen LogP contribution in [0.1, 0.15) is 80.1 Å². The lowest BCUT2D eigenvalue weighted by Crippen LogP contribution is -2.61. The minimum Gasteiger partial charge on any atom is -0.392 e. The van der Waals surface area contributed by atoms with Gasteiger partial charge in [0, 0.05) is 43.2 Å². The summed E-state index contributed by atoms with van der Waals surface area (Å²) in [5, 5.41) is 16.2. The van der Waals surface area contributed by atoms with Crippen molar-refractivity contribution in [2.75, 3.05) is 32.8 Å². The molecule has 4 saturated carbocycles. The number of hydrogen-bond acceptors (Lipinski definition) is 6. The van der Waals surface area contributed by atoms with Gasteiger partial charge in [0.2, 0.25) is 0 Å². The minimum absolute atomic E-state index is 0.00166. The van der Waals surface area contributed by atoms with Crippen LogP contribution in [-0.4, -0.2) is 60.5 Å². The Kier molecular flexibility index (Phi) is 9.51. The molecule has 0 aromatic heterocycles. The molecule has 6 fully saturated rings. The number of urea groups is 1. The SMILES string of the molecule is CC1C(CN2CCOCC2)OC(c2ccc(-c3ccccc3CNC(=O)NC34CC5CC(CC(C5)C3)C4)cc2)OC1c1ccc(CO)cc1. The molecule has 2 saturated heterocycles. The van der Waals surface area contributed by atoms with Crippen molar-refractivity contribution >= 4 is 6.03 Å². The summed E-state index contributed by atoms with van der Waals surface area (Å²) < 4.78 is 19.0. The average molecular weight is 666 g/mol. The Morgan fingerprint density at radius 2 is 1.51 bits per heavy atom. The molecule has 0 spiro atoms. The van der Waals surface area contributed by atoms with E-state index in [-0.39, 0.29) is 36.3 Å². The largest absolute Gasteiger partial charge is 0.392 e. The van der Waals surface area contributed by atoms with Crippen molar-refractivity contribution in [1.82, 2.24) is 15.5 Å². The van der Waals surface area contributed by atoms with Gasteiger partial charge < -0.3 is 30.0 Å². The molecule has 2 amide bonds. The lowest BCUT2D eigenvalue weighted by atomic mass is 9.53. The molecule has 8 nitrogen and oxygen atoms in total. The standard InChI is InChI=1S/C41H51N3O5/c1-27-37(25-44-14-16-47-17-15-44)48-39(49-38(27)33-8-6-28(26-45)7-9-33)34-12-10-32(11-13-34)36-5-3-2-4-35(36)24-42-40(46)43-41-21-29-18-30(22-41)20-31(19-29)23-41/h2-13,27,29-31,37-39,45H,14-26H2,1H3,(H2,42,43,46). The highest BCUT2D eigenvalue weighted by Crippen LogP contribution is 2.55. The van der Waals surface area contributed by atoms with Gasteiger partial charge in [0.1, 0.15) is 0 Å². The second kappa shape index (κ2) is 14.2. The van der Waals surface area contributed by atoms with E-state index in [0.29, 0.717) is 6.54 Å². The Labute approximate surface area is 290 Å². The molecule has 3 aromatic rings. The van der Waals surface area contributed by atoms with E-state index in [1.54, 1.807) is 0 Å². The van der Waals surface area contributed by atoms with Crippen LogP contribution in [0.2, 0.25) is 0 Å². The van der Waals surface area contributed by atoms with E-state index in [9.17, 15) is 9.90 Å². The third-order valence-corrected chi connectivity index (χ3v) is 12.0. The number of morpholine rings is 1. The molecule has 4 bridgehead atoms. The number of hydrogen-bond donors (Lipinski definition) is 3. The summed E-state index contributed by atoms with van der Waals surface area (Å²) in [6.07, 6.45) is 6.85. The van der Waals surface area contributed by atoms with Crippen LogP contribution in [0.5, 0.6) is 0 Å². The van der Waals surface area contributed by atoms with Crippen LogP contribution in [-0.2, 0) is 27.4 Å². The number of carbonyl (C=O) groups excluding carboxylic acids is 1. The van der Waals surface area contributed by atoms with Gasteiger partial charge in [-0.2, -0.15) is 0 Å². The summed E-state index contributed by atoms with van der Waals surface area (Å²) in [5.74, 6) is 2.52. The Balaban J connectivity index is 0.960. The number of nitrogens with zero attached hydrogens (tertiary/aromatic N) is 1. The van der Waals surface area contributed by atoms with Gasteiger partial charge in [-0.3, -0.25) is 4.90 Å². The maximum atomic E-state index is 13.2. The van der Waals surface area contributed by atoms with E-state index in [1.165, 1.54) is 19.3 Å². The summed E-state index contributed by atoms with van der Waals surface area (Å²) >= 11 is 0. The monoisotopic (exact) mass is 665 g/mol. The first kappa shape index (κ1) is 32.9. The zero-order valence-corrected chi connectivity index (χ0v) is 28.7. The van der Waals surface area contributed by atoms with E-state index in [0.717, 1.165) is 103 Å². The van der Waals surface area contributed by atoms with Crippen LogP contribution in [0.4, 0.5) is 4.79 Å². The van der Waals surface area contributed by atoms with Crippen LogP contribution >= 0.6 is 0 Å². The van der Waals surface area contributed by atoms with Gasteiger partial charge in [0.05, 0.1) is 32.0 Å². The molecule has 3 aromatic carbocycles. The van der Waals surface area contributed by atoms with Crippen molar-refractivity contribution in [2.45, 2.75) is 82.6 Å². The van der Waals surface area contributed by atoms with Gasteiger partial charge in [0.25, 0.3) is 0 Å². The van der Waals surface area contributed by atoms with Crippen LogP contribution in [0.25, 0.3) is 11.1 Å². The van der Waals surface area contributed by atoms with E-state index in [1.807, 2.05) is 18.2 Å². The predicted octanol–water partition coefficient (Wildman–Crippen LogP) is 6.74. The molecular formula is C41H51N3O5. The van der Waals surface area contributed by atoms with Gasteiger partial charge in [-0.1, -0.05) is 79.7 Å². The van der Waals surface area contributed by atoms with E-state index in [4.69, 9.17) is 14.2 Å². The number of aliphatic hydroxyl groups is 1. The first-order valence-corrected chi connectivity index (χ1v) is 18.5. The van der Waals surface area contributed by atoms with Crippen molar-refractivity contribution in [3.05, 3.63) is 95.1 Å². The van der Waals surface area contributed by atoms with Crippen LogP contribution < -0.4 is 10.6 Å². The Morgan fingerprint density at radius 3 is 2.18 bits per heavy atom. The van der Waals surface area contributed by atoms with Gasteiger partial charge in [-0.25, -0.2) is 4.79 Å². The molecule has 8 heteroatoms. The van der Waals surface area contributed by atoms with Gasteiger partial charge in [-0.05, 0) is 84.1 Å². The van der Waals surface area contributed by atoms with E-state index in [2.05, 4.69) is 77.1 Å². The predicted molar refractivity (Wildman–Crippen MR) is 188 cm³/mol. The van der Waals surface area contributed by atoms with E-state index < -0.39 is 6.29 Å². The zero-order chi connectivity index (χ0) is 33.4. The highest BCUT2D eigenvalue weighted by molar-refractivity contribution is 5.76. The lowest BCUT2D eigenvalue weighted by Gasteiger charge is -2.56. The quantitative estimate of drug-likeness (QED) is 0.235. The molecule has 4 aliphatic carbocycles. The summed E-state index contributed by atoms with van der Waals surface area (Å²) in [5.41, 5.74) is 6.24. The smallest absolute Gasteiger partial charge is 0.315 e. The molecule has 2 aliphatic heterocycles. The van der Waals surface area contributed by atoms with Gasteiger partial charge in [0.15, 0.2) is 6.29 Å². The molecule has 9 rings (SSSR count). The minimum atomic E-state index is -0.510. The molecule has 49 heavy (non-hydrogen) atoms. The topological polar surface area (TPSA) is 92.3 Å². The fourth-order valence-electron chi connectivity index (χ4n) is 9.87. The van der Waals surface area contributed by atoms with Crippen LogP contribution in [0, 0.1) is 23.7 Å². The fraction of sp³-hybridized carbons (Fsp3) is 0.537. The first-order chi connectivity index (χ1) is 23.9. The Bertz CT molecular complexity index is 1550. The number of benzene rings is 3. The average Bonchev–Trinajstić information content (AvgIpc) is 3.11. The summed E-state index contributed by atoms with van der Waals surface area (Å²) in [6.45, 7) is 6.84. The van der Waals surface area contributed by atoms with Crippen molar-refractivity contribution in [3.63, 3.8) is 0 Å². The lowest BCUT2D eigenvalue weighted by molar-refractivity contribution is -0.277. The maximum Gasteiger partial charge on any atom is 0.315 e. The zero-order valence-electron chi connectivity index (χ0n) is 28.7. The number of aliphatic hydroxyl groups excluding tert-OH is 1. The summed E-state index contributed by atoms with van der Waals surface area (Å²) in [7, 11) is 0. The van der Waals surface area contributed by atoms with Crippen molar-refractivity contribution < 1.29 is 24.1 Å². The van der Waals surface area contributed by atoms with Gasteiger partial charge in [-0.15, -0.1) is 0 Å². The third kappa shape index (κ3) is 7.17.